The van der Waals surface area contributed by atoms with Crippen LogP contribution in [0.15, 0.2) is 29.4 Å². The zero-order valence-electron chi connectivity index (χ0n) is 12.5. The zero-order valence-corrected chi connectivity index (χ0v) is 14.9. The number of aromatic nitrogens is 2. The largest absolute Gasteiger partial charge is 0.345 e. The molecule has 3 heterocycles. The van der Waals surface area contributed by atoms with E-state index in [2.05, 4.69) is 24.9 Å². The van der Waals surface area contributed by atoms with E-state index in [1.165, 1.54) is 6.20 Å². The summed E-state index contributed by atoms with van der Waals surface area (Å²) in [5, 5.41) is 3.89. The van der Waals surface area contributed by atoms with Gasteiger partial charge < -0.3 is 10.3 Å². The van der Waals surface area contributed by atoms with Crippen LogP contribution < -0.4 is 10.0 Å². The van der Waals surface area contributed by atoms with Crippen molar-refractivity contribution < 1.29 is 8.42 Å². The molecule has 1 fully saturated rings. The van der Waals surface area contributed by atoms with Gasteiger partial charge in [0.1, 0.15) is 10.5 Å². The Morgan fingerprint density at radius 1 is 1.26 bits per heavy atom. The number of halogens is 2. The molecule has 1 aliphatic rings. The number of sulfonamides is 1. The molecule has 2 aromatic rings. The molecule has 0 spiro atoms. The Morgan fingerprint density at radius 3 is 2.74 bits per heavy atom. The first-order valence-electron chi connectivity index (χ1n) is 7.02. The third-order valence-electron chi connectivity index (χ3n) is 3.63. The lowest BCUT2D eigenvalue weighted by Crippen LogP contribution is -2.46. The van der Waals surface area contributed by atoms with E-state index in [0.29, 0.717) is 17.6 Å². The molecule has 3 rings (SSSR count). The number of nitrogens with one attached hydrogen (secondary N) is 3. The highest BCUT2D eigenvalue weighted by atomic mass is 35.5. The van der Waals surface area contributed by atoms with Crippen molar-refractivity contribution in [1.82, 2.24) is 24.9 Å². The van der Waals surface area contributed by atoms with Gasteiger partial charge in [0.2, 0.25) is 10.0 Å². The monoisotopic (exact) mass is 381 g/mol. The molecule has 1 saturated heterocycles. The van der Waals surface area contributed by atoms with E-state index in [4.69, 9.17) is 0 Å². The van der Waals surface area contributed by atoms with Crippen LogP contribution in [-0.4, -0.2) is 62.6 Å². The predicted molar refractivity (Wildman–Crippen MR) is 95.1 cm³/mol. The molecule has 0 saturated carbocycles. The molecule has 0 aliphatic carbocycles. The third kappa shape index (κ3) is 4.79. The van der Waals surface area contributed by atoms with Crippen LogP contribution in [0.2, 0.25) is 0 Å². The topological polar surface area (TPSA) is 90.1 Å². The third-order valence-corrected chi connectivity index (χ3v) is 5.13. The molecule has 0 unspecified atom stereocenters. The molecule has 7 nitrogen and oxygen atoms in total. The predicted octanol–water partition coefficient (Wildman–Crippen LogP) is 0.590. The van der Waals surface area contributed by atoms with Gasteiger partial charge in [-0.05, 0) is 12.1 Å². The minimum atomic E-state index is -3.51. The summed E-state index contributed by atoms with van der Waals surface area (Å²) < 4.78 is 27.4. The SMILES string of the molecule is Cl.Cl.O=S(=O)(NCCN1CCNCC1)c1c[nH]c2ncccc12. The van der Waals surface area contributed by atoms with Gasteiger partial charge in [-0.1, -0.05) is 0 Å². The summed E-state index contributed by atoms with van der Waals surface area (Å²) in [5.74, 6) is 0. The number of aromatic amines is 1. The number of nitrogens with zero attached hydrogens (tertiary/aromatic N) is 2. The van der Waals surface area contributed by atoms with Crippen molar-refractivity contribution in [3.8, 4) is 0 Å². The van der Waals surface area contributed by atoms with E-state index in [-0.39, 0.29) is 29.7 Å². The lowest BCUT2D eigenvalue weighted by Gasteiger charge is -2.27. The molecule has 23 heavy (non-hydrogen) atoms. The summed E-state index contributed by atoms with van der Waals surface area (Å²) in [6.45, 7) is 4.97. The average Bonchev–Trinajstić information content (AvgIpc) is 2.93. The van der Waals surface area contributed by atoms with Gasteiger partial charge in [-0.3, -0.25) is 4.90 Å². The molecule has 0 aromatic carbocycles. The van der Waals surface area contributed by atoms with Crippen molar-refractivity contribution in [3.05, 3.63) is 24.5 Å². The van der Waals surface area contributed by atoms with E-state index in [9.17, 15) is 8.42 Å². The van der Waals surface area contributed by atoms with E-state index in [1.54, 1.807) is 18.3 Å². The summed E-state index contributed by atoms with van der Waals surface area (Å²) in [6.07, 6.45) is 3.12. The van der Waals surface area contributed by atoms with Gasteiger partial charge in [-0.2, -0.15) is 0 Å². The number of hydrogen-bond acceptors (Lipinski definition) is 5. The maximum absolute atomic E-state index is 12.4. The summed E-state index contributed by atoms with van der Waals surface area (Å²) in [6, 6.07) is 3.49. The number of hydrogen-bond donors (Lipinski definition) is 3. The fraction of sp³-hybridized carbons (Fsp3) is 0.462. The molecule has 0 amide bonds. The Bertz CT molecular complexity index is 716. The minimum Gasteiger partial charge on any atom is -0.345 e. The molecule has 3 N–H and O–H groups in total. The Kier molecular flexibility index (Phi) is 7.72. The first-order valence-corrected chi connectivity index (χ1v) is 8.50. The molecule has 0 bridgehead atoms. The fourth-order valence-corrected chi connectivity index (χ4v) is 3.69. The van der Waals surface area contributed by atoms with Crippen molar-refractivity contribution >= 4 is 45.9 Å². The fourth-order valence-electron chi connectivity index (χ4n) is 2.50. The van der Waals surface area contributed by atoms with Crippen LogP contribution in [0.4, 0.5) is 0 Å². The van der Waals surface area contributed by atoms with Crippen LogP contribution in [0.1, 0.15) is 0 Å². The van der Waals surface area contributed by atoms with Gasteiger partial charge in [-0.15, -0.1) is 24.8 Å². The quantitative estimate of drug-likeness (QED) is 0.704. The van der Waals surface area contributed by atoms with Crippen LogP contribution in [0.3, 0.4) is 0 Å². The number of rotatable bonds is 5. The first-order chi connectivity index (χ1) is 10.2. The van der Waals surface area contributed by atoms with Crippen molar-refractivity contribution in [2.75, 3.05) is 39.3 Å². The van der Waals surface area contributed by atoms with E-state index >= 15 is 0 Å². The zero-order chi connectivity index (χ0) is 14.7. The number of fused-ring (bicyclic) bond motifs is 1. The van der Waals surface area contributed by atoms with Gasteiger partial charge in [0.15, 0.2) is 0 Å². The van der Waals surface area contributed by atoms with Crippen molar-refractivity contribution in [2.45, 2.75) is 4.90 Å². The van der Waals surface area contributed by atoms with Gasteiger partial charge in [0.05, 0.1) is 0 Å². The van der Waals surface area contributed by atoms with Crippen LogP contribution in [-0.2, 0) is 10.0 Å². The number of H-pyrrole nitrogens is 1. The van der Waals surface area contributed by atoms with Gasteiger partial charge in [0, 0.05) is 57.0 Å². The molecular formula is C13H21Cl2N5O2S. The second-order valence-electron chi connectivity index (χ2n) is 5.04. The van der Waals surface area contributed by atoms with Gasteiger partial charge in [-0.25, -0.2) is 18.1 Å². The summed E-state index contributed by atoms with van der Waals surface area (Å²) >= 11 is 0. The second-order valence-corrected chi connectivity index (χ2v) is 6.78. The van der Waals surface area contributed by atoms with E-state index < -0.39 is 10.0 Å². The second kappa shape index (κ2) is 8.81. The highest BCUT2D eigenvalue weighted by Gasteiger charge is 2.19. The van der Waals surface area contributed by atoms with Crippen LogP contribution in [0.5, 0.6) is 0 Å². The van der Waals surface area contributed by atoms with Crippen molar-refractivity contribution in [2.24, 2.45) is 0 Å². The minimum absolute atomic E-state index is 0. The van der Waals surface area contributed by atoms with Crippen LogP contribution in [0.25, 0.3) is 11.0 Å². The first kappa shape index (κ1) is 20.1. The number of pyridine rings is 1. The normalized spacial score (nSPS) is 15.8. The Morgan fingerprint density at radius 2 is 2.00 bits per heavy atom. The summed E-state index contributed by atoms with van der Waals surface area (Å²) in [4.78, 5) is 9.49. The average molecular weight is 382 g/mol. The molecule has 1 aliphatic heterocycles. The van der Waals surface area contributed by atoms with Crippen molar-refractivity contribution in [3.63, 3.8) is 0 Å². The Labute approximate surface area is 148 Å². The molecule has 0 atom stereocenters. The maximum atomic E-state index is 12.4. The number of piperazine rings is 1. The highest BCUT2D eigenvalue weighted by Crippen LogP contribution is 2.20. The molecule has 2 aromatic heterocycles. The molecule has 130 valence electrons. The van der Waals surface area contributed by atoms with Crippen molar-refractivity contribution in [1.29, 1.82) is 0 Å². The van der Waals surface area contributed by atoms with E-state index in [1.807, 2.05) is 0 Å². The van der Waals surface area contributed by atoms with Crippen LogP contribution in [0, 0.1) is 0 Å². The standard InChI is InChI=1S/C13H19N5O2S.2ClH/c19-21(20,17-6-9-18-7-4-14-5-8-18)12-10-16-13-11(12)2-1-3-15-13;;/h1-3,10,14,17H,4-9H2,(H,15,16);2*1H. The Hall–Kier alpha value is -0.900. The van der Waals surface area contributed by atoms with Gasteiger partial charge in [0.25, 0.3) is 0 Å². The van der Waals surface area contributed by atoms with Crippen LogP contribution >= 0.6 is 24.8 Å². The maximum Gasteiger partial charge on any atom is 0.242 e. The lowest BCUT2D eigenvalue weighted by molar-refractivity contribution is 0.245. The smallest absolute Gasteiger partial charge is 0.242 e. The Balaban J connectivity index is 0.00000132. The lowest BCUT2D eigenvalue weighted by atomic mass is 10.3. The molecule has 10 heteroatoms. The van der Waals surface area contributed by atoms with E-state index in [0.717, 1.165) is 32.7 Å². The molecular weight excluding hydrogens is 361 g/mol. The molecule has 0 radical (unpaired) electrons. The summed E-state index contributed by atoms with van der Waals surface area (Å²) in [7, 11) is -3.51. The van der Waals surface area contributed by atoms with Gasteiger partial charge >= 0.3 is 0 Å². The highest BCUT2D eigenvalue weighted by molar-refractivity contribution is 7.89. The summed E-state index contributed by atoms with van der Waals surface area (Å²) in [5.41, 5.74) is 0.583.